The maximum Gasteiger partial charge on any atom is 0.330 e. The Labute approximate surface area is 117 Å². The normalized spacial score (nSPS) is 12.5. The minimum Gasteiger partial charge on any atom is -0.388 e. The summed E-state index contributed by atoms with van der Waals surface area (Å²) >= 11 is 0. The van der Waals surface area contributed by atoms with Gasteiger partial charge in [0.05, 0.1) is 11.1 Å². The Morgan fingerprint density at radius 2 is 1.85 bits per heavy atom. The lowest BCUT2D eigenvalue weighted by atomic mass is 9.86. The first kappa shape index (κ1) is 16.3. The van der Waals surface area contributed by atoms with E-state index in [0.717, 1.165) is 0 Å². The second-order valence-corrected chi connectivity index (χ2v) is 5.98. The third-order valence-corrected chi connectivity index (χ3v) is 3.65. The summed E-state index contributed by atoms with van der Waals surface area (Å²) in [6, 6.07) is 0. The Kier molecular flexibility index (Phi) is 4.33. The van der Waals surface area contributed by atoms with Gasteiger partial charge in [0.2, 0.25) is 0 Å². The minimum absolute atomic E-state index is 0.0814. The van der Waals surface area contributed by atoms with Gasteiger partial charge in [-0.25, -0.2) is 4.79 Å². The van der Waals surface area contributed by atoms with Crippen molar-refractivity contribution in [3.63, 3.8) is 0 Å². The fourth-order valence-corrected chi connectivity index (χ4v) is 1.62. The van der Waals surface area contributed by atoms with Crippen molar-refractivity contribution in [2.24, 2.45) is 0 Å². The Hall–Kier alpha value is -1.76. The first-order valence-electron chi connectivity index (χ1n) is 6.64. The molecule has 0 aliphatic carbocycles. The van der Waals surface area contributed by atoms with Crippen molar-refractivity contribution in [1.82, 2.24) is 9.55 Å². The molecule has 20 heavy (non-hydrogen) atoms. The standard InChI is InChI=1S/C13H24N4O3/c1-6-7-17-9(14)8(10(18)15-11(17)19)16-12(2,3)13(4,5)20/h16,20H,6-7,14H2,1-5H3,(H,15,18,19). The number of anilines is 2. The molecule has 0 atom stereocenters. The van der Waals surface area contributed by atoms with E-state index in [1.165, 1.54) is 4.57 Å². The molecule has 0 bridgehead atoms. The number of nitrogen functional groups attached to an aromatic ring is 1. The maximum atomic E-state index is 11.9. The van der Waals surface area contributed by atoms with E-state index >= 15 is 0 Å². The van der Waals surface area contributed by atoms with Crippen molar-refractivity contribution in [2.45, 2.75) is 58.7 Å². The predicted octanol–water partition coefficient (Wildman–Crippen LogP) is 0.490. The highest BCUT2D eigenvalue weighted by Crippen LogP contribution is 2.26. The van der Waals surface area contributed by atoms with Gasteiger partial charge >= 0.3 is 5.69 Å². The van der Waals surface area contributed by atoms with Crippen LogP contribution in [0.3, 0.4) is 0 Å². The number of aromatic amines is 1. The van der Waals surface area contributed by atoms with E-state index in [9.17, 15) is 14.7 Å². The summed E-state index contributed by atoms with van der Waals surface area (Å²) in [4.78, 5) is 25.9. The summed E-state index contributed by atoms with van der Waals surface area (Å²) in [7, 11) is 0. The molecule has 0 aliphatic rings. The molecule has 0 amide bonds. The molecule has 0 saturated heterocycles. The summed E-state index contributed by atoms with van der Waals surface area (Å²) in [5.41, 5.74) is 3.02. The van der Waals surface area contributed by atoms with Crippen LogP contribution in [0, 0.1) is 0 Å². The fourth-order valence-electron chi connectivity index (χ4n) is 1.62. The van der Waals surface area contributed by atoms with Crippen LogP contribution < -0.4 is 22.3 Å². The average molecular weight is 284 g/mol. The molecular weight excluding hydrogens is 260 g/mol. The molecule has 0 spiro atoms. The summed E-state index contributed by atoms with van der Waals surface area (Å²) in [5, 5.41) is 13.1. The summed E-state index contributed by atoms with van der Waals surface area (Å²) in [6.07, 6.45) is 0.713. The van der Waals surface area contributed by atoms with Crippen molar-refractivity contribution >= 4 is 11.5 Å². The quantitative estimate of drug-likeness (QED) is 0.628. The molecule has 0 fully saturated rings. The van der Waals surface area contributed by atoms with Crippen LogP contribution in [0.25, 0.3) is 0 Å². The van der Waals surface area contributed by atoms with E-state index in [2.05, 4.69) is 10.3 Å². The van der Waals surface area contributed by atoms with Gasteiger partial charge in [0.25, 0.3) is 5.56 Å². The van der Waals surface area contributed by atoms with E-state index in [-0.39, 0.29) is 11.5 Å². The van der Waals surface area contributed by atoms with Crippen molar-refractivity contribution in [1.29, 1.82) is 0 Å². The van der Waals surface area contributed by atoms with Gasteiger partial charge in [-0.05, 0) is 34.1 Å². The monoisotopic (exact) mass is 284 g/mol. The largest absolute Gasteiger partial charge is 0.388 e. The molecule has 1 heterocycles. The number of aromatic nitrogens is 2. The molecule has 1 aromatic rings. The van der Waals surface area contributed by atoms with Crippen LogP contribution in [-0.2, 0) is 6.54 Å². The highest BCUT2D eigenvalue weighted by Gasteiger charge is 2.36. The van der Waals surface area contributed by atoms with Crippen LogP contribution in [0.4, 0.5) is 11.5 Å². The van der Waals surface area contributed by atoms with Crippen LogP contribution >= 0.6 is 0 Å². The van der Waals surface area contributed by atoms with Gasteiger partial charge in [0.15, 0.2) is 0 Å². The fraction of sp³-hybridized carbons (Fsp3) is 0.692. The van der Waals surface area contributed by atoms with Crippen molar-refractivity contribution in [3.05, 3.63) is 20.8 Å². The molecule has 0 saturated carbocycles. The Balaban J connectivity index is 3.37. The topological polar surface area (TPSA) is 113 Å². The van der Waals surface area contributed by atoms with E-state index < -0.39 is 22.4 Å². The van der Waals surface area contributed by atoms with Crippen molar-refractivity contribution < 1.29 is 5.11 Å². The highest BCUT2D eigenvalue weighted by molar-refractivity contribution is 5.61. The number of hydrogen-bond acceptors (Lipinski definition) is 5. The van der Waals surface area contributed by atoms with Crippen molar-refractivity contribution in [3.8, 4) is 0 Å². The number of aliphatic hydroxyl groups is 1. The minimum atomic E-state index is -1.09. The molecule has 1 aromatic heterocycles. The number of hydrogen-bond donors (Lipinski definition) is 4. The number of nitrogens with one attached hydrogen (secondary N) is 2. The van der Waals surface area contributed by atoms with Crippen LogP contribution in [0.2, 0.25) is 0 Å². The van der Waals surface area contributed by atoms with E-state index in [0.29, 0.717) is 13.0 Å². The first-order valence-corrected chi connectivity index (χ1v) is 6.64. The van der Waals surface area contributed by atoms with E-state index in [4.69, 9.17) is 5.73 Å². The second-order valence-electron chi connectivity index (χ2n) is 5.98. The molecular formula is C13H24N4O3. The lowest BCUT2D eigenvalue weighted by Gasteiger charge is -2.38. The first-order chi connectivity index (χ1) is 9.01. The zero-order chi connectivity index (χ0) is 15.7. The third kappa shape index (κ3) is 3.04. The smallest absolute Gasteiger partial charge is 0.330 e. The molecule has 7 heteroatoms. The zero-order valence-corrected chi connectivity index (χ0v) is 12.7. The van der Waals surface area contributed by atoms with E-state index in [1.807, 2.05) is 6.92 Å². The molecule has 0 unspecified atom stereocenters. The Bertz CT molecular complexity index is 593. The van der Waals surface area contributed by atoms with Gasteiger partial charge in [-0.2, -0.15) is 0 Å². The molecule has 0 aromatic carbocycles. The predicted molar refractivity (Wildman–Crippen MR) is 80.0 cm³/mol. The van der Waals surface area contributed by atoms with Crippen molar-refractivity contribution in [2.75, 3.05) is 11.1 Å². The van der Waals surface area contributed by atoms with Crippen LogP contribution in [0.15, 0.2) is 9.59 Å². The van der Waals surface area contributed by atoms with Gasteiger partial charge in [0.1, 0.15) is 11.5 Å². The van der Waals surface area contributed by atoms with Crippen LogP contribution in [0.5, 0.6) is 0 Å². The molecule has 7 nitrogen and oxygen atoms in total. The molecule has 1 rings (SSSR count). The van der Waals surface area contributed by atoms with Gasteiger partial charge in [-0.3, -0.25) is 14.3 Å². The summed E-state index contributed by atoms with van der Waals surface area (Å²) in [5.74, 6) is 0.0814. The van der Waals surface area contributed by atoms with Gasteiger partial charge in [-0.15, -0.1) is 0 Å². The molecule has 5 N–H and O–H groups in total. The number of nitrogens with zero attached hydrogens (tertiary/aromatic N) is 1. The average Bonchev–Trinajstić information content (AvgIpc) is 2.28. The lowest BCUT2D eigenvalue weighted by Crippen LogP contribution is -2.52. The number of rotatable bonds is 5. The van der Waals surface area contributed by atoms with E-state index in [1.54, 1.807) is 27.7 Å². The number of H-pyrrole nitrogens is 1. The molecule has 0 radical (unpaired) electrons. The molecule has 0 aliphatic heterocycles. The second kappa shape index (κ2) is 5.32. The third-order valence-electron chi connectivity index (χ3n) is 3.65. The summed E-state index contributed by atoms with van der Waals surface area (Å²) in [6.45, 7) is 9.09. The Morgan fingerprint density at radius 3 is 2.30 bits per heavy atom. The van der Waals surface area contributed by atoms with Gasteiger partial charge in [-0.1, -0.05) is 6.92 Å². The molecule has 114 valence electrons. The number of nitrogens with two attached hydrogens (primary N) is 1. The summed E-state index contributed by atoms with van der Waals surface area (Å²) < 4.78 is 1.31. The van der Waals surface area contributed by atoms with Crippen LogP contribution in [-0.4, -0.2) is 25.8 Å². The Morgan fingerprint density at radius 1 is 1.30 bits per heavy atom. The maximum absolute atomic E-state index is 11.9. The SMILES string of the molecule is CCCn1c(N)c(NC(C)(C)C(C)(C)O)c(=O)[nH]c1=O. The van der Waals surface area contributed by atoms with Gasteiger partial charge in [0, 0.05) is 6.54 Å². The van der Waals surface area contributed by atoms with Gasteiger partial charge < -0.3 is 16.2 Å². The van der Waals surface area contributed by atoms with Crippen LogP contribution in [0.1, 0.15) is 41.0 Å². The lowest BCUT2D eigenvalue weighted by molar-refractivity contribution is 0.0240. The zero-order valence-electron chi connectivity index (χ0n) is 12.7. The highest BCUT2D eigenvalue weighted by atomic mass is 16.3.